The summed E-state index contributed by atoms with van der Waals surface area (Å²) in [7, 11) is 1.50. The molecule has 1 aliphatic heterocycles. The Morgan fingerprint density at radius 2 is 2.07 bits per heavy atom. The van der Waals surface area contributed by atoms with Crippen molar-refractivity contribution in [1.82, 2.24) is 14.5 Å². The Morgan fingerprint density at radius 3 is 2.70 bits per heavy atom. The number of ether oxygens (including phenoxy) is 2. The van der Waals surface area contributed by atoms with E-state index in [0.717, 1.165) is 0 Å². The molecule has 0 unspecified atom stereocenters. The first-order valence-corrected chi connectivity index (χ1v) is 9.10. The molecule has 158 valence electrons. The molecule has 30 heavy (non-hydrogen) atoms. The molecule has 1 saturated heterocycles. The number of rotatable bonds is 5. The van der Waals surface area contributed by atoms with Crippen molar-refractivity contribution in [2.75, 3.05) is 19.5 Å². The summed E-state index contributed by atoms with van der Waals surface area (Å²) in [5, 5.41) is 30.6. The highest BCUT2D eigenvalue weighted by atomic mass is 16.6. The van der Waals surface area contributed by atoms with Crippen LogP contribution in [0.3, 0.4) is 0 Å². The number of aliphatic hydroxyl groups is 3. The summed E-state index contributed by atoms with van der Waals surface area (Å²) in [4.78, 5) is 20.7. The van der Waals surface area contributed by atoms with Gasteiger partial charge in [-0.3, -0.25) is 9.36 Å². The second-order valence-electron chi connectivity index (χ2n) is 6.88. The number of hydrogen-bond acceptors (Lipinski definition) is 9. The van der Waals surface area contributed by atoms with Crippen molar-refractivity contribution in [1.29, 1.82) is 0 Å². The van der Waals surface area contributed by atoms with Gasteiger partial charge in [-0.1, -0.05) is 12.1 Å². The van der Waals surface area contributed by atoms with Crippen LogP contribution in [-0.2, 0) is 4.74 Å². The first kappa shape index (κ1) is 20.0. The van der Waals surface area contributed by atoms with Crippen molar-refractivity contribution < 1.29 is 29.6 Å². The molecule has 3 heterocycles. The monoisotopic (exact) mass is 415 g/mol. The second kappa shape index (κ2) is 7.54. The minimum absolute atomic E-state index is 0.0171. The van der Waals surface area contributed by atoms with E-state index < -0.39 is 37.1 Å². The number of methoxy groups -OCH3 is 1. The molecule has 11 heteroatoms. The lowest BCUT2D eigenvalue weighted by molar-refractivity contribution is -0.0501. The standard InChI is InChI=1S/C19H21N5O6/c1-29-9-4-2-3-8(5-9)13-11(17(21)28)12-16(20)22-7-23-18(12)24(13)19-15(27)14(26)10(6-25)30-19/h2-5,7,10,14-15,19,25-27H,6H2,1H3,(H2,21,28)(H2,20,22,23)/t10-,14+,15-,19-/m0/s1. The number of aliphatic hydroxyl groups excluding tert-OH is 3. The molecule has 0 saturated carbocycles. The van der Waals surface area contributed by atoms with Gasteiger partial charge in [-0.05, 0) is 12.1 Å². The van der Waals surface area contributed by atoms with E-state index >= 15 is 0 Å². The predicted molar refractivity (Wildman–Crippen MR) is 105 cm³/mol. The quantitative estimate of drug-likeness (QED) is 0.364. The van der Waals surface area contributed by atoms with Crippen LogP contribution in [0.4, 0.5) is 5.82 Å². The molecule has 1 aromatic carbocycles. The summed E-state index contributed by atoms with van der Waals surface area (Å²) in [5.41, 5.74) is 12.7. The number of benzene rings is 1. The lowest BCUT2D eigenvalue weighted by Gasteiger charge is -2.21. The number of carbonyl (C=O) groups is 1. The van der Waals surface area contributed by atoms with Crippen LogP contribution in [0.2, 0.25) is 0 Å². The van der Waals surface area contributed by atoms with E-state index in [9.17, 15) is 20.1 Å². The number of hydrogen-bond donors (Lipinski definition) is 5. The van der Waals surface area contributed by atoms with Crippen LogP contribution in [0.15, 0.2) is 30.6 Å². The van der Waals surface area contributed by atoms with E-state index in [1.54, 1.807) is 24.3 Å². The molecule has 11 nitrogen and oxygen atoms in total. The smallest absolute Gasteiger partial charge is 0.251 e. The summed E-state index contributed by atoms with van der Waals surface area (Å²) in [6.07, 6.45) is -3.78. The Kier molecular flexibility index (Phi) is 5.03. The highest BCUT2D eigenvalue weighted by Gasteiger charge is 2.45. The fraction of sp³-hybridized carbons (Fsp3) is 0.316. The van der Waals surface area contributed by atoms with Gasteiger partial charge in [0, 0.05) is 5.56 Å². The zero-order valence-corrected chi connectivity index (χ0v) is 16.0. The van der Waals surface area contributed by atoms with Crippen LogP contribution in [0, 0.1) is 0 Å². The van der Waals surface area contributed by atoms with Gasteiger partial charge in [0.25, 0.3) is 5.91 Å². The van der Waals surface area contributed by atoms with Crippen LogP contribution >= 0.6 is 0 Å². The van der Waals surface area contributed by atoms with Crippen molar-refractivity contribution in [2.24, 2.45) is 5.73 Å². The Labute approximate surface area is 170 Å². The van der Waals surface area contributed by atoms with E-state index in [2.05, 4.69) is 9.97 Å². The number of fused-ring (bicyclic) bond motifs is 1. The largest absolute Gasteiger partial charge is 0.497 e. The van der Waals surface area contributed by atoms with Crippen LogP contribution < -0.4 is 16.2 Å². The van der Waals surface area contributed by atoms with Crippen LogP contribution in [0.5, 0.6) is 5.75 Å². The molecule has 2 aromatic heterocycles. The van der Waals surface area contributed by atoms with Crippen molar-refractivity contribution in [3.63, 3.8) is 0 Å². The second-order valence-corrected chi connectivity index (χ2v) is 6.88. The molecule has 0 aliphatic carbocycles. The molecule has 0 spiro atoms. The molecule has 1 aliphatic rings. The maximum Gasteiger partial charge on any atom is 0.251 e. The van der Waals surface area contributed by atoms with Crippen LogP contribution in [-0.4, -0.2) is 67.8 Å². The van der Waals surface area contributed by atoms with Gasteiger partial charge in [-0.15, -0.1) is 0 Å². The Bertz CT molecular complexity index is 1120. The van der Waals surface area contributed by atoms with Gasteiger partial charge in [0.1, 0.15) is 41.9 Å². The first-order chi connectivity index (χ1) is 14.4. The fourth-order valence-electron chi connectivity index (χ4n) is 3.79. The molecule has 4 rings (SSSR count). The molecule has 3 aromatic rings. The first-order valence-electron chi connectivity index (χ1n) is 9.10. The minimum atomic E-state index is -1.42. The van der Waals surface area contributed by atoms with Gasteiger partial charge < -0.3 is 36.3 Å². The van der Waals surface area contributed by atoms with Gasteiger partial charge in [-0.2, -0.15) is 0 Å². The van der Waals surface area contributed by atoms with Crippen molar-refractivity contribution >= 4 is 22.8 Å². The average Bonchev–Trinajstić information content (AvgIpc) is 3.23. The summed E-state index contributed by atoms with van der Waals surface area (Å²) in [6, 6.07) is 6.82. The third kappa shape index (κ3) is 2.95. The van der Waals surface area contributed by atoms with E-state index in [-0.39, 0.29) is 28.1 Å². The number of nitrogens with zero attached hydrogens (tertiary/aromatic N) is 3. The molecule has 1 fully saturated rings. The fourth-order valence-corrected chi connectivity index (χ4v) is 3.79. The van der Waals surface area contributed by atoms with Gasteiger partial charge in [0.15, 0.2) is 6.23 Å². The number of anilines is 1. The third-order valence-corrected chi connectivity index (χ3v) is 5.17. The zero-order chi connectivity index (χ0) is 21.6. The Hall–Kier alpha value is -3.25. The summed E-state index contributed by atoms with van der Waals surface area (Å²) in [6.45, 7) is -0.512. The molecule has 0 radical (unpaired) electrons. The summed E-state index contributed by atoms with van der Waals surface area (Å²) in [5.74, 6) is -0.256. The van der Waals surface area contributed by atoms with Crippen molar-refractivity contribution in [2.45, 2.75) is 24.5 Å². The highest BCUT2D eigenvalue weighted by Crippen LogP contribution is 2.42. The SMILES string of the molecule is COc1cccc(-c2c(C(N)=O)c3c(N)ncnc3n2[C@H]2O[C@@H](CO)[C@@H](O)[C@@H]2O)c1. The van der Waals surface area contributed by atoms with Gasteiger partial charge in [-0.25, -0.2) is 9.97 Å². The Balaban J connectivity index is 2.08. The van der Waals surface area contributed by atoms with E-state index in [1.165, 1.54) is 18.0 Å². The molecule has 7 N–H and O–H groups in total. The van der Waals surface area contributed by atoms with Crippen LogP contribution in [0.1, 0.15) is 16.6 Å². The predicted octanol–water partition coefficient (Wildman–Crippen LogP) is -0.600. The van der Waals surface area contributed by atoms with Crippen LogP contribution in [0.25, 0.3) is 22.3 Å². The molecule has 4 atom stereocenters. The lowest BCUT2D eigenvalue weighted by Crippen LogP contribution is -2.33. The summed E-state index contributed by atoms with van der Waals surface area (Å²) < 4.78 is 12.4. The maximum atomic E-state index is 12.5. The van der Waals surface area contributed by atoms with Gasteiger partial charge >= 0.3 is 0 Å². The normalized spacial score (nSPS) is 23.7. The number of carbonyl (C=O) groups excluding carboxylic acids is 1. The van der Waals surface area contributed by atoms with E-state index in [4.69, 9.17) is 20.9 Å². The van der Waals surface area contributed by atoms with Crippen molar-refractivity contribution in [3.8, 4) is 17.0 Å². The molecule has 1 amide bonds. The van der Waals surface area contributed by atoms with E-state index in [0.29, 0.717) is 11.3 Å². The number of aromatic nitrogens is 3. The number of primary amides is 1. The topological polar surface area (TPSA) is 179 Å². The minimum Gasteiger partial charge on any atom is -0.497 e. The maximum absolute atomic E-state index is 12.5. The zero-order valence-electron chi connectivity index (χ0n) is 16.0. The van der Waals surface area contributed by atoms with E-state index in [1.807, 2.05) is 0 Å². The van der Waals surface area contributed by atoms with Gasteiger partial charge in [0.2, 0.25) is 0 Å². The number of amides is 1. The highest BCUT2D eigenvalue weighted by molar-refractivity contribution is 6.14. The number of nitrogen functional groups attached to an aromatic ring is 1. The van der Waals surface area contributed by atoms with Crippen molar-refractivity contribution in [3.05, 3.63) is 36.2 Å². The Morgan fingerprint density at radius 1 is 1.30 bits per heavy atom. The molecule has 0 bridgehead atoms. The van der Waals surface area contributed by atoms with Gasteiger partial charge in [0.05, 0.1) is 30.4 Å². The molecular formula is C19H21N5O6. The molecular weight excluding hydrogens is 394 g/mol. The summed E-state index contributed by atoms with van der Waals surface area (Å²) >= 11 is 0. The average molecular weight is 415 g/mol. The number of nitrogens with two attached hydrogens (primary N) is 2. The third-order valence-electron chi connectivity index (χ3n) is 5.17. The lowest BCUT2D eigenvalue weighted by atomic mass is 10.0.